The summed E-state index contributed by atoms with van der Waals surface area (Å²) in [6.45, 7) is 4.60. The number of alkyl halides is 2. The van der Waals surface area contributed by atoms with Gasteiger partial charge < -0.3 is 24.3 Å². The molecule has 5 aromatic rings. The van der Waals surface area contributed by atoms with Crippen molar-refractivity contribution < 1.29 is 23.0 Å². The maximum absolute atomic E-state index is 14.8. The van der Waals surface area contributed by atoms with Gasteiger partial charge in [-0.15, -0.1) is 0 Å². The van der Waals surface area contributed by atoms with Crippen LogP contribution in [0.1, 0.15) is 12.0 Å². The molecule has 214 valence electrons. The van der Waals surface area contributed by atoms with Crippen molar-refractivity contribution in [2.75, 3.05) is 18.4 Å². The standard InChI is InChI=1S/C29H26F2N8O3/c1-4-25(40)39-10-9-24(29(30,31)14-39)42-28-32-13-21-26(37-28)27(34-15-33-21)36-18-5-8-23(17(2)11-18)41-19-6-7-22-20(12-19)35-16-38(22)3/h4-8,11-13,15-16,24H,1,9-10,14H2,2-3H3,(H,33,34,36). The number of hydrogen-bond acceptors (Lipinski definition) is 9. The molecule has 11 nitrogen and oxygen atoms in total. The Bertz CT molecular complexity index is 1830. The summed E-state index contributed by atoms with van der Waals surface area (Å²) < 4.78 is 43.2. The smallest absolute Gasteiger partial charge is 0.317 e. The average molecular weight is 573 g/mol. The second kappa shape index (κ2) is 10.7. The normalized spacial score (nSPS) is 16.4. The highest BCUT2D eigenvalue weighted by molar-refractivity contribution is 5.87. The summed E-state index contributed by atoms with van der Waals surface area (Å²) in [7, 11) is 1.93. The monoisotopic (exact) mass is 572 g/mol. The molecule has 0 saturated carbocycles. The average Bonchev–Trinajstić information content (AvgIpc) is 3.35. The second-order valence-corrected chi connectivity index (χ2v) is 9.94. The number of rotatable bonds is 7. The predicted octanol–water partition coefficient (Wildman–Crippen LogP) is 4.95. The molecule has 1 fully saturated rings. The molecule has 3 aromatic heterocycles. The Morgan fingerprint density at radius 2 is 2.00 bits per heavy atom. The number of imidazole rings is 1. The number of likely N-dealkylation sites (tertiary alicyclic amines) is 1. The summed E-state index contributed by atoms with van der Waals surface area (Å²) >= 11 is 0. The van der Waals surface area contributed by atoms with Crippen molar-refractivity contribution in [3.05, 3.63) is 73.5 Å². The number of carbonyl (C=O) groups excluding carboxylic acids is 1. The first-order valence-corrected chi connectivity index (χ1v) is 13.1. The molecular formula is C29H26F2N8O3. The maximum atomic E-state index is 14.8. The van der Waals surface area contributed by atoms with Gasteiger partial charge in [-0.2, -0.15) is 4.98 Å². The first-order chi connectivity index (χ1) is 20.2. The molecule has 42 heavy (non-hydrogen) atoms. The molecule has 1 amide bonds. The minimum atomic E-state index is -3.30. The molecule has 0 aliphatic carbocycles. The van der Waals surface area contributed by atoms with Gasteiger partial charge in [0.05, 0.1) is 30.1 Å². The van der Waals surface area contributed by atoms with Crippen LogP contribution in [0.15, 0.2) is 67.9 Å². The van der Waals surface area contributed by atoms with E-state index in [0.717, 1.165) is 27.6 Å². The predicted molar refractivity (Wildman–Crippen MR) is 151 cm³/mol. The van der Waals surface area contributed by atoms with E-state index in [-0.39, 0.29) is 19.0 Å². The van der Waals surface area contributed by atoms with Crippen molar-refractivity contribution in [2.45, 2.75) is 25.4 Å². The van der Waals surface area contributed by atoms with Gasteiger partial charge in [-0.05, 0) is 48.9 Å². The molecule has 1 aliphatic heterocycles. The van der Waals surface area contributed by atoms with Crippen LogP contribution >= 0.6 is 0 Å². The fourth-order valence-electron chi connectivity index (χ4n) is 4.78. The van der Waals surface area contributed by atoms with Crippen LogP contribution in [-0.2, 0) is 11.8 Å². The Morgan fingerprint density at radius 1 is 1.14 bits per heavy atom. The molecule has 1 atom stereocenters. The highest BCUT2D eigenvalue weighted by Crippen LogP contribution is 2.33. The van der Waals surface area contributed by atoms with E-state index in [0.29, 0.717) is 34.0 Å². The number of nitrogens with zero attached hydrogens (tertiary/aromatic N) is 7. The molecule has 1 aliphatic rings. The summed E-state index contributed by atoms with van der Waals surface area (Å²) in [5.74, 6) is -2.17. The van der Waals surface area contributed by atoms with Crippen LogP contribution in [-0.4, -0.2) is 65.4 Å². The molecule has 0 radical (unpaired) electrons. The largest absolute Gasteiger partial charge is 0.457 e. The first-order valence-electron chi connectivity index (χ1n) is 13.1. The van der Waals surface area contributed by atoms with E-state index >= 15 is 0 Å². The van der Waals surface area contributed by atoms with Crippen LogP contribution < -0.4 is 14.8 Å². The number of piperidine rings is 1. The summed E-state index contributed by atoms with van der Waals surface area (Å²) in [5.41, 5.74) is 4.11. The van der Waals surface area contributed by atoms with E-state index in [2.05, 4.69) is 36.8 Å². The van der Waals surface area contributed by atoms with Gasteiger partial charge in [0, 0.05) is 31.8 Å². The number of anilines is 2. The number of aromatic nitrogens is 6. The van der Waals surface area contributed by atoms with Crippen molar-refractivity contribution >= 4 is 39.5 Å². The Morgan fingerprint density at radius 3 is 2.79 bits per heavy atom. The van der Waals surface area contributed by atoms with Gasteiger partial charge in [-0.25, -0.2) is 28.7 Å². The summed E-state index contributed by atoms with van der Waals surface area (Å²) in [4.78, 5) is 34.1. The zero-order valence-corrected chi connectivity index (χ0v) is 22.8. The summed E-state index contributed by atoms with van der Waals surface area (Å²) in [5, 5.41) is 3.21. The fraction of sp³-hybridized carbons (Fsp3) is 0.241. The second-order valence-electron chi connectivity index (χ2n) is 9.94. The number of fused-ring (bicyclic) bond motifs is 2. The third kappa shape index (κ3) is 5.28. The summed E-state index contributed by atoms with van der Waals surface area (Å²) in [6.07, 6.45) is 3.92. The highest BCUT2D eigenvalue weighted by Gasteiger charge is 2.47. The number of nitrogens with one attached hydrogen (secondary N) is 1. The Balaban J connectivity index is 1.19. The Labute approximate surface area is 238 Å². The minimum absolute atomic E-state index is 0.0895. The number of aryl methyl sites for hydroxylation is 2. The zero-order chi connectivity index (χ0) is 29.4. The van der Waals surface area contributed by atoms with E-state index in [1.807, 2.05) is 54.9 Å². The van der Waals surface area contributed by atoms with Crippen molar-refractivity contribution in [3.63, 3.8) is 0 Å². The van der Waals surface area contributed by atoms with E-state index < -0.39 is 24.5 Å². The molecule has 6 rings (SSSR count). The highest BCUT2D eigenvalue weighted by atomic mass is 19.3. The number of hydrogen-bond donors (Lipinski definition) is 1. The van der Waals surface area contributed by atoms with Crippen molar-refractivity contribution in [1.29, 1.82) is 0 Å². The van der Waals surface area contributed by atoms with Gasteiger partial charge in [0.25, 0.3) is 0 Å². The lowest BCUT2D eigenvalue weighted by molar-refractivity contribution is -0.157. The maximum Gasteiger partial charge on any atom is 0.317 e. The van der Waals surface area contributed by atoms with Gasteiger partial charge in [0.15, 0.2) is 11.9 Å². The van der Waals surface area contributed by atoms with Gasteiger partial charge >= 0.3 is 11.9 Å². The molecule has 1 unspecified atom stereocenters. The third-order valence-electron chi connectivity index (χ3n) is 6.99. The van der Waals surface area contributed by atoms with Gasteiger partial charge in [0.2, 0.25) is 5.91 Å². The van der Waals surface area contributed by atoms with E-state index in [1.165, 1.54) is 12.5 Å². The molecule has 2 aromatic carbocycles. The Hall–Kier alpha value is -5.20. The number of carbonyl (C=O) groups is 1. The SMILES string of the molecule is C=CC(=O)N1CCC(Oc2ncc3ncnc(Nc4ccc(Oc5ccc6c(c5)ncn6C)c(C)c4)c3n2)C(F)(F)C1. The molecule has 13 heteroatoms. The van der Waals surface area contributed by atoms with Crippen LogP contribution in [0.25, 0.3) is 22.1 Å². The first kappa shape index (κ1) is 27.0. The number of ether oxygens (including phenoxy) is 2. The minimum Gasteiger partial charge on any atom is -0.457 e. The van der Waals surface area contributed by atoms with E-state index in [9.17, 15) is 13.6 Å². The van der Waals surface area contributed by atoms with Gasteiger partial charge in [0.1, 0.15) is 28.9 Å². The number of halogens is 2. The molecule has 4 heterocycles. The molecular weight excluding hydrogens is 546 g/mol. The lowest BCUT2D eigenvalue weighted by Gasteiger charge is -2.37. The van der Waals surface area contributed by atoms with Crippen LogP contribution in [0.2, 0.25) is 0 Å². The van der Waals surface area contributed by atoms with Crippen LogP contribution in [0.3, 0.4) is 0 Å². The molecule has 0 bridgehead atoms. The van der Waals surface area contributed by atoms with Crippen LogP contribution in [0, 0.1) is 6.92 Å². The van der Waals surface area contributed by atoms with Crippen LogP contribution in [0.4, 0.5) is 20.3 Å². The number of amides is 1. The van der Waals surface area contributed by atoms with Crippen LogP contribution in [0.5, 0.6) is 17.5 Å². The third-order valence-corrected chi connectivity index (χ3v) is 6.99. The van der Waals surface area contributed by atoms with Gasteiger partial charge in [-0.1, -0.05) is 6.58 Å². The Kier molecular flexibility index (Phi) is 6.85. The van der Waals surface area contributed by atoms with E-state index in [4.69, 9.17) is 9.47 Å². The zero-order valence-electron chi connectivity index (χ0n) is 22.8. The lowest BCUT2D eigenvalue weighted by Crippen LogP contribution is -2.55. The molecule has 1 N–H and O–H groups in total. The number of benzene rings is 2. The van der Waals surface area contributed by atoms with Gasteiger partial charge in [-0.3, -0.25) is 4.79 Å². The van der Waals surface area contributed by atoms with E-state index in [1.54, 1.807) is 6.33 Å². The summed E-state index contributed by atoms with van der Waals surface area (Å²) in [6, 6.07) is 11.0. The van der Waals surface area contributed by atoms with Crippen molar-refractivity contribution in [2.24, 2.45) is 7.05 Å². The lowest BCUT2D eigenvalue weighted by atomic mass is 10.0. The quantitative estimate of drug-likeness (QED) is 0.270. The molecule has 1 saturated heterocycles. The van der Waals surface area contributed by atoms with Crippen molar-refractivity contribution in [1.82, 2.24) is 34.4 Å². The molecule has 0 spiro atoms. The topological polar surface area (TPSA) is 120 Å². The fourth-order valence-corrected chi connectivity index (χ4v) is 4.78. The van der Waals surface area contributed by atoms with Crippen molar-refractivity contribution in [3.8, 4) is 17.5 Å².